The van der Waals surface area contributed by atoms with Gasteiger partial charge in [-0.05, 0) is 6.07 Å². The number of rotatable bonds is 7. The summed E-state index contributed by atoms with van der Waals surface area (Å²) in [4.78, 5) is 10.6. The second kappa shape index (κ2) is 6.92. The van der Waals surface area contributed by atoms with Gasteiger partial charge >= 0.3 is 0 Å². The largest absolute Gasteiger partial charge is 0.320 e. The third-order valence-corrected chi connectivity index (χ3v) is 3.33. The Morgan fingerprint density at radius 1 is 1.22 bits per heavy atom. The molecular weight excluding hydrogens is 275 g/mol. The fraction of sp³-hybridized carbons (Fsp3) is 0.500. The number of nitro groups is 1. The van der Waals surface area contributed by atoms with E-state index in [1.807, 2.05) is 13.1 Å². The standard InChI is InChI=1S/C12H17Cl2N2O2/c1-16(8-6-13,9-7-14)10-11-4-2-3-5-12(11)15(17)18/h2-5H,6-10H2,1H3/q+1. The van der Waals surface area contributed by atoms with E-state index in [9.17, 15) is 10.1 Å². The Hall–Kier alpha value is -0.840. The van der Waals surface area contributed by atoms with E-state index in [2.05, 4.69) is 0 Å². The summed E-state index contributed by atoms with van der Waals surface area (Å²) in [7, 11) is 2.02. The molecule has 100 valence electrons. The lowest BCUT2D eigenvalue weighted by Gasteiger charge is -2.33. The van der Waals surface area contributed by atoms with E-state index in [1.54, 1.807) is 12.1 Å². The van der Waals surface area contributed by atoms with Crippen LogP contribution in [0, 0.1) is 10.1 Å². The molecule has 0 saturated carbocycles. The van der Waals surface area contributed by atoms with Gasteiger partial charge in [0.1, 0.15) is 6.54 Å². The third kappa shape index (κ3) is 4.12. The number of nitro benzene ring substituents is 1. The third-order valence-electron chi connectivity index (χ3n) is 2.99. The minimum Gasteiger partial charge on any atom is -0.320 e. The van der Waals surface area contributed by atoms with Crippen molar-refractivity contribution in [3.63, 3.8) is 0 Å². The summed E-state index contributed by atoms with van der Waals surface area (Å²) < 4.78 is 0.609. The lowest BCUT2D eigenvalue weighted by Crippen LogP contribution is -2.46. The smallest absolute Gasteiger partial charge is 0.278 e. The van der Waals surface area contributed by atoms with E-state index >= 15 is 0 Å². The number of quaternary nitrogens is 1. The van der Waals surface area contributed by atoms with E-state index in [-0.39, 0.29) is 10.6 Å². The van der Waals surface area contributed by atoms with Crippen molar-refractivity contribution >= 4 is 28.9 Å². The molecule has 1 aromatic carbocycles. The van der Waals surface area contributed by atoms with Crippen molar-refractivity contribution in [1.82, 2.24) is 0 Å². The highest BCUT2D eigenvalue weighted by Gasteiger charge is 2.25. The molecule has 0 aliphatic rings. The van der Waals surface area contributed by atoms with Crippen molar-refractivity contribution in [2.45, 2.75) is 6.54 Å². The Labute approximate surface area is 117 Å². The molecule has 6 heteroatoms. The van der Waals surface area contributed by atoms with Crippen LogP contribution in [0.15, 0.2) is 24.3 Å². The van der Waals surface area contributed by atoms with Gasteiger partial charge in [-0.2, -0.15) is 0 Å². The topological polar surface area (TPSA) is 43.1 Å². The maximum Gasteiger partial charge on any atom is 0.278 e. The molecule has 0 aromatic heterocycles. The zero-order valence-corrected chi connectivity index (χ0v) is 11.8. The van der Waals surface area contributed by atoms with E-state index in [0.29, 0.717) is 22.8 Å². The van der Waals surface area contributed by atoms with Crippen LogP contribution in [0.4, 0.5) is 5.69 Å². The first kappa shape index (κ1) is 15.2. The van der Waals surface area contributed by atoms with Gasteiger partial charge in [0, 0.05) is 6.07 Å². The Bertz CT molecular complexity index is 407. The number of para-hydroxylation sites is 1. The predicted octanol–water partition coefficient (Wildman–Crippen LogP) is 3.02. The Morgan fingerprint density at radius 3 is 2.28 bits per heavy atom. The summed E-state index contributed by atoms with van der Waals surface area (Å²) in [5.74, 6) is 1.02. The van der Waals surface area contributed by atoms with Crippen molar-refractivity contribution in [3.05, 3.63) is 39.9 Å². The van der Waals surface area contributed by atoms with Crippen molar-refractivity contribution in [2.24, 2.45) is 0 Å². The van der Waals surface area contributed by atoms with Gasteiger partial charge in [-0.25, -0.2) is 0 Å². The van der Waals surface area contributed by atoms with Crippen LogP contribution in [0.1, 0.15) is 5.56 Å². The molecule has 0 saturated heterocycles. The SMILES string of the molecule is C[N+](CCCl)(CCCl)Cc1ccccc1[N+](=O)[O-]. The van der Waals surface area contributed by atoms with Crippen molar-refractivity contribution in [3.8, 4) is 0 Å². The van der Waals surface area contributed by atoms with Crippen LogP contribution in [0.3, 0.4) is 0 Å². The number of benzene rings is 1. The average Bonchev–Trinajstić information content (AvgIpc) is 2.29. The van der Waals surface area contributed by atoms with Gasteiger partial charge in [-0.1, -0.05) is 12.1 Å². The van der Waals surface area contributed by atoms with E-state index < -0.39 is 0 Å². The van der Waals surface area contributed by atoms with Gasteiger partial charge in [0.05, 0.1) is 42.4 Å². The van der Waals surface area contributed by atoms with Gasteiger partial charge in [0.2, 0.25) is 0 Å². The Balaban J connectivity index is 2.96. The van der Waals surface area contributed by atoms with Crippen LogP contribution in [0.2, 0.25) is 0 Å². The molecule has 18 heavy (non-hydrogen) atoms. The van der Waals surface area contributed by atoms with Crippen molar-refractivity contribution < 1.29 is 9.41 Å². The molecule has 1 rings (SSSR count). The quantitative estimate of drug-likeness (QED) is 0.335. The number of hydrogen-bond acceptors (Lipinski definition) is 2. The zero-order chi connectivity index (χ0) is 13.6. The van der Waals surface area contributed by atoms with Crippen molar-refractivity contribution in [2.75, 3.05) is 31.9 Å². The van der Waals surface area contributed by atoms with Crippen molar-refractivity contribution in [1.29, 1.82) is 0 Å². The molecular formula is C12H17Cl2N2O2+. The lowest BCUT2D eigenvalue weighted by molar-refractivity contribution is -0.918. The van der Waals surface area contributed by atoms with Crippen LogP contribution < -0.4 is 0 Å². The first-order valence-corrected chi connectivity index (χ1v) is 6.77. The number of alkyl halides is 2. The highest BCUT2D eigenvalue weighted by Crippen LogP contribution is 2.22. The fourth-order valence-electron chi connectivity index (χ4n) is 1.91. The van der Waals surface area contributed by atoms with Gasteiger partial charge in [-0.3, -0.25) is 10.1 Å². The molecule has 0 amide bonds. The summed E-state index contributed by atoms with van der Waals surface area (Å²) in [6.07, 6.45) is 0. The van der Waals surface area contributed by atoms with Gasteiger partial charge < -0.3 is 4.48 Å². The molecule has 0 N–H and O–H groups in total. The molecule has 4 nitrogen and oxygen atoms in total. The molecule has 0 unspecified atom stereocenters. The normalized spacial score (nSPS) is 11.5. The summed E-state index contributed by atoms with van der Waals surface area (Å²) in [6, 6.07) is 6.81. The van der Waals surface area contributed by atoms with Crippen LogP contribution in [-0.2, 0) is 6.54 Å². The molecule has 0 fully saturated rings. The second-order valence-corrected chi connectivity index (χ2v) is 5.24. The molecule has 0 radical (unpaired) electrons. The fourth-order valence-corrected chi connectivity index (χ4v) is 2.73. The van der Waals surface area contributed by atoms with Gasteiger partial charge in [-0.15, -0.1) is 23.2 Å². The highest BCUT2D eigenvalue weighted by molar-refractivity contribution is 6.18. The van der Waals surface area contributed by atoms with Gasteiger partial charge in [0.25, 0.3) is 5.69 Å². The number of nitrogens with zero attached hydrogens (tertiary/aromatic N) is 2. The first-order chi connectivity index (χ1) is 8.52. The van der Waals surface area contributed by atoms with E-state index in [4.69, 9.17) is 23.2 Å². The number of halogens is 2. The van der Waals surface area contributed by atoms with Crippen LogP contribution in [0.5, 0.6) is 0 Å². The maximum atomic E-state index is 11.0. The highest BCUT2D eigenvalue weighted by atomic mass is 35.5. The zero-order valence-electron chi connectivity index (χ0n) is 10.3. The minimum absolute atomic E-state index is 0.158. The molecule has 0 aliphatic heterocycles. The Kier molecular flexibility index (Phi) is 5.85. The molecule has 0 heterocycles. The molecule has 1 aromatic rings. The van der Waals surface area contributed by atoms with Crippen LogP contribution in [0.25, 0.3) is 0 Å². The van der Waals surface area contributed by atoms with E-state index in [1.165, 1.54) is 6.07 Å². The molecule has 0 spiro atoms. The van der Waals surface area contributed by atoms with Crippen LogP contribution >= 0.6 is 23.2 Å². The summed E-state index contributed by atoms with van der Waals surface area (Å²) in [6.45, 7) is 2.04. The molecule has 0 bridgehead atoms. The maximum absolute atomic E-state index is 11.0. The monoisotopic (exact) mass is 291 g/mol. The summed E-state index contributed by atoms with van der Waals surface area (Å²) in [5, 5.41) is 11.0. The molecule has 0 atom stereocenters. The summed E-state index contributed by atoms with van der Waals surface area (Å²) in [5.41, 5.74) is 0.881. The first-order valence-electron chi connectivity index (χ1n) is 5.70. The predicted molar refractivity (Wildman–Crippen MR) is 74.2 cm³/mol. The molecule has 0 aliphatic carbocycles. The van der Waals surface area contributed by atoms with E-state index in [0.717, 1.165) is 18.7 Å². The average molecular weight is 292 g/mol. The second-order valence-electron chi connectivity index (χ2n) is 4.49. The van der Waals surface area contributed by atoms with Gasteiger partial charge in [0.15, 0.2) is 0 Å². The minimum atomic E-state index is -0.346. The van der Waals surface area contributed by atoms with Crippen LogP contribution in [-0.4, -0.2) is 41.3 Å². The Morgan fingerprint density at radius 2 is 1.78 bits per heavy atom. The number of hydrogen-bond donors (Lipinski definition) is 0. The summed E-state index contributed by atoms with van der Waals surface area (Å²) >= 11 is 11.6. The lowest BCUT2D eigenvalue weighted by atomic mass is 10.1.